The number of ether oxygens (including phenoxy) is 1. The lowest BCUT2D eigenvalue weighted by atomic mass is 9.73. The van der Waals surface area contributed by atoms with Gasteiger partial charge in [-0.15, -0.1) is 0 Å². The molecule has 0 aliphatic rings. The van der Waals surface area contributed by atoms with Crippen LogP contribution in [0.3, 0.4) is 0 Å². The maximum atomic E-state index is 13.4. The summed E-state index contributed by atoms with van der Waals surface area (Å²) < 4.78 is 56.9. The van der Waals surface area contributed by atoms with Gasteiger partial charge in [0, 0.05) is 12.0 Å². The summed E-state index contributed by atoms with van der Waals surface area (Å²) in [6.07, 6.45) is -6.23. The van der Waals surface area contributed by atoms with Crippen molar-refractivity contribution in [3.8, 4) is 5.75 Å². The third-order valence-corrected chi connectivity index (χ3v) is 3.54. The fraction of sp³-hybridized carbons (Fsp3) is 0.500. The molecule has 2 unspecified atom stereocenters. The van der Waals surface area contributed by atoms with Gasteiger partial charge in [0.2, 0.25) is 0 Å². The van der Waals surface area contributed by atoms with E-state index in [2.05, 4.69) is 0 Å². The zero-order valence-corrected chi connectivity index (χ0v) is 12.2. The van der Waals surface area contributed by atoms with Crippen molar-refractivity contribution < 1.29 is 37.3 Å². The smallest absolute Gasteiger partial charge is 0.416 e. The van der Waals surface area contributed by atoms with E-state index in [9.17, 15) is 32.6 Å². The van der Waals surface area contributed by atoms with Gasteiger partial charge in [-0.25, -0.2) is 4.39 Å². The first kappa shape index (κ1) is 18.2. The van der Waals surface area contributed by atoms with E-state index in [4.69, 9.17) is 4.74 Å². The summed E-state index contributed by atoms with van der Waals surface area (Å²) in [6.45, 7) is 1.45. The molecule has 0 heterocycles. The number of halogens is 4. The van der Waals surface area contributed by atoms with E-state index in [1.54, 1.807) is 0 Å². The molecule has 0 spiro atoms. The lowest BCUT2D eigenvalue weighted by molar-refractivity contribution is -0.259. The Morgan fingerprint density at radius 1 is 1.27 bits per heavy atom. The van der Waals surface area contributed by atoms with Crippen LogP contribution in [0.15, 0.2) is 18.2 Å². The standard InChI is InChI=1S/C14H16F4O4/c1-12(11(19)20,7-13(2,21)14(16,17)18)9-6-8(15)4-5-10(9)22-3/h4-6,21H,7H2,1-3H3,(H,19,20). The van der Waals surface area contributed by atoms with Crippen LogP contribution in [0.4, 0.5) is 17.6 Å². The molecule has 2 atom stereocenters. The second-order valence-electron chi connectivity index (χ2n) is 5.43. The first-order chi connectivity index (χ1) is 9.85. The van der Waals surface area contributed by atoms with Crippen molar-refractivity contribution >= 4 is 5.97 Å². The SMILES string of the molecule is COc1ccc(F)cc1C(C)(CC(C)(O)C(F)(F)F)C(=O)O. The van der Waals surface area contributed by atoms with Gasteiger partial charge in [-0.2, -0.15) is 13.2 Å². The number of hydrogen-bond acceptors (Lipinski definition) is 3. The molecule has 8 heteroatoms. The molecule has 0 aromatic heterocycles. The van der Waals surface area contributed by atoms with Crippen LogP contribution in [0.1, 0.15) is 25.8 Å². The molecular weight excluding hydrogens is 308 g/mol. The van der Waals surface area contributed by atoms with Gasteiger partial charge in [-0.3, -0.25) is 4.79 Å². The molecule has 2 N–H and O–H groups in total. The van der Waals surface area contributed by atoms with Gasteiger partial charge in [0.1, 0.15) is 11.6 Å². The average molecular weight is 324 g/mol. The summed E-state index contributed by atoms with van der Waals surface area (Å²) in [4.78, 5) is 11.5. The van der Waals surface area contributed by atoms with Crippen molar-refractivity contribution in [1.82, 2.24) is 0 Å². The number of carbonyl (C=O) groups is 1. The van der Waals surface area contributed by atoms with Crippen LogP contribution in [0, 0.1) is 5.82 Å². The highest BCUT2D eigenvalue weighted by atomic mass is 19.4. The lowest BCUT2D eigenvalue weighted by Gasteiger charge is -2.35. The van der Waals surface area contributed by atoms with Crippen LogP contribution >= 0.6 is 0 Å². The van der Waals surface area contributed by atoms with Crippen LogP contribution in [0.25, 0.3) is 0 Å². The van der Waals surface area contributed by atoms with E-state index in [1.165, 1.54) is 7.11 Å². The topological polar surface area (TPSA) is 66.8 Å². The van der Waals surface area contributed by atoms with Gasteiger partial charge in [0.05, 0.1) is 12.5 Å². The Morgan fingerprint density at radius 2 is 1.82 bits per heavy atom. The summed E-state index contributed by atoms with van der Waals surface area (Å²) in [5.41, 5.74) is -5.75. The van der Waals surface area contributed by atoms with Crippen molar-refractivity contribution in [1.29, 1.82) is 0 Å². The van der Waals surface area contributed by atoms with E-state index in [-0.39, 0.29) is 11.3 Å². The summed E-state index contributed by atoms with van der Waals surface area (Å²) in [5.74, 6) is -2.54. The van der Waals surface area contributed by atoms with Gasteiger partial charge in [0.25, 0.3) is 0 Å². The van der Waals surface area contributed by atoms with Crippen molar-refractivity contribution in [2.45, 2.75) is 37.5 Å². The molecule has 4 nitrogen and oxygen atoms in total. The minimum atomic E-state index is -5.04. The fourth-order valence-corrected chi connectivity index (χ4v) is 2.19. The lowest BCUT2D eigenvalue weighted by Crippen LogP contribution is -2.49. The molecular formula is C14H16F4O4. The summed E-state index contributed by atoms with van der Waals surface area (Å²) >= 11 is 0. The first-order valence-corrected chi connectivity index (χ1v) is 6.21. The quantitative estimate of drug-likeness (QED) is 0.817. The number of hydrogen-bond donors (Lipinski definition) is 2. The Morgan fingerprint density at radius 3 is 2.23 bits per heavy atom. The van der Waals surface area contributed by atoms with Crippen LogP contribution in [0.2, 0.25) is 0 Å². The molecule has 1 aromatic rings. The van der Waals surface area contributed by atoms with Gasteiger partial charge < -0.3 is 14.9 Å². The van der Waals surface area contributed by atoms with Gasteiger partial charge in [-0.1, -0.05) is 0 Å². The molecule has 1 rings (SSSR count). The van der Waals surface area contributed by atoms with Crippen LogP contribution in [-0.4, -0.2) is 35.1 Å². The second-order valence-corrected chi connectivity index (χ2v) is 5.43. The molecule has 0 radical (unpaired) electrons. The van der Waals surface area contributed by atoms with Gasteiger partial charge >= 0.3 is 12.1 Å². The maximum absolute atomic E-state index is 13.4. The Bertz CT molecular complexity index is 568. The summed E-state index contributed by atoms with van der Waals surface area (Å²) in [7, 11) is 1.18. The number of alkyl halides is 3. The number of benzene rings is 1. The van der Waals surface area contributed by atoms with Crippen LogP contribution in [-0.2, 0) is 10.2 Å². The largest absolute Gasteiger partial charge is 0.496 e. The van der Waals surface area contributed by atoms with E-state index in [0.29, 0.717) is 6.92 Å². The molecule has 22 heavy (non-hydrogen) atoms. The van der Waals surface area contributed by atoms with E-state index >= 15 is 0 Å². The summed E-state index contributed by atoms with van der Waals surface area (Å²) in [6, 6.07) is 2.90. The molecule has 0 aliphatic carbocycles. The minimum absolute atomic E-state index is 0.0794. The molecule has 0 saturated carbocycles. The van der Waals surface area contributed by atoms with E-state index in [1.807, 2.05) is 0 Å². The Hall–Kier alpha value is -1.83. The number of aliphatic hydroxyl groups is 1. The highest BCUT2D eigenvalue weighted by Crippen LogP contribution is 2.43. The van der Waals surface area contributed by atoms with Crippen molar-refractivity contribution in [3.05, 3.63) is 29.6 Å². The Labute approximate surface area is 124 Å². The third-order valence-electron chi connectivity index (χ3n) is 3.54. The zero-order chi connectivity index (χ0) is 17.3. The first-order valence-electron chi connectivity index (χ1n) is 6.21. The van der Waals surface area contributed by atoms with Crippen molar-refractivity contribution in [2.75, 3.05) is 7.11 Å². The number of rotatable bonds is 5. The molecule has 0 aliphatic heterocycles. The molecule has 124 valence electrons. The Kier molecular flexibility index (Phi) is 4.76. The predicted molar refractivity (Wildman–Crippen MR) is 69.2 cm³/mol. The predicted octanol–water partition coefficient (Wildman–Crippen LogP) is 2.88. The number of carboxylic acids is 1. The molecule has 0 fully saturated rings. The molecule has 0 amide bonds. The number of carboxylic acid groups (broad SMARTS) is 1. The van der Waals surface area contributed by atoms with Crippen LogP contribution in [0.5, 0.6) is 5.75 Å². The highest BCUT2D eigenvalue weighted by Gasteiger charge is 2.55. The normalized spacial score (nSPS) is 17.5. The fourth-order valence-electron chi connectivity index (χ4n) is 2.19. The van der Waals surface area contributed by atoms with Crippen molar-refractivity contribution in [2.24, 2.45) is 0 Å². The minimum Gasteiger partial charge on any atom is -0.496 e. The van der Waals surface area contributed by atoms with Gasteiger partial charge in [-0.05, 0) is 32.0 Å². The highest BCUT2D eigenvalue weighted by molar-refractivity contribution is 5.82. The summed E-state index contributed by atoms with van der Waals surface area (Å²) in [5, 5.41) is 19.0. The Balaban J connectivity index is 3.46. The van der Waals surface area contributed by atoms with E-state index in [0.717, 1.165) is 25.1 Å². The maximum Gasteiger partial charge on any atom is 0.416 e. The number of methoxy groups -OCH3 is 1. The second kappa shape index (κ2) is 5.75. The van der Waals surface area contributed by atoms with Crippen molar-refractivity contribution in [3.63, 3.8) is 0 Å². The third kappa shape index (κ3) is 3.32. The molecule has 0 saturated heterocycles. The molecule has 0 bridgehead atoms. The number of aliphatic carboxylic acids is 1. The van der Waals surface area contributed by atoms with Gasteiger partial charge in [0.15, 0.2) is 5.60 Å². The zero-order valence-electron chi connectivity index (χ0n) is 12.2. The van der Waals surface area contributed by atoms with Crippen LogP contribution < -0.4 is 4.74 Å². The average Bonchev–Trinajstić information content (AvgIpc) is 2.36. The molecule has 1 aromatic carbocycles. The van der Waals surface area contributed by atoms with E-state index < -0.39 is 35.4 Å². The monoisotopic (exact) mass is 324 g/mol.